The number of rotatable bonds is 7. The van der Waals surface area contributed by atoms with Crippen LogP contribution in [0.5, 0.6) is 0 Å². The van der Waals surface area contributed by atoms with Gasteiger partial charge in [0.2, 0.25) is 11.8 Å². The number of ether oxygens (including phenoxy) is 1. The van der Waals surface area contributed by atoms with Gasteiger partial charge in [-0.05, 0) is 25.3 Å². The Morgan fingerprint density at radius 3 is 2.33 bits per heavy atom. The van der Waals surface area contributed by atoms with Gasteiger partial charge < -0.3 is 10.1 Å². The first-order valence-corrected chi connectivity index (χ1v) is 7.61. The van der Waals surface area contributed by atoms with Gasteiger partial charge in [0.05, 0.1) is 18.4 Å². The number of piperidine rings is 1. The van der Waals surface area contributed by atoms with Crippen molar-refractivity contribution in [2.75, 3.05) is 19.7 Å². The van der Waals surface area contributed by atoms with Gasteiger partial charge in [0.15, 0.2) is 0 Å². The van der Waals surface area contributed by atoms with Gasteiger partial charge in [-0.25, -0.2) is 0 Å². The van der Waals surface area contributed by atoms with Crippen LogP contribution >= 0.6 is 0 Å². The van der Waals surface area contributed by atoms with Crippen molar-refractivity contribution in [3.8, 4) is 0 Å². The largest absolute Gasteiger partial charge is 0.465 e. The Morgan fingerprint density at radius 1 is 1.29 bits per heavy atom. The van der Waals surface area contributed by atoms with Crippen molar-refractivity contribution >= 4 is 17.8 Å². The second-order valence-electron chi connectivity index (χ2n) is 6.26. The van der Waals surface area contributed by atoms with Crippen LogP contribution in [0.15, 0.2) is 0 Å². The van der Waals surface area contributed by atoms with Crippen molar-refractivity contribution in [1.29, 1.82) is 0 Å². The average Bonchev–Trinajstić information content (AvgIpc) is 2.88. The first-order valence-electron chi connectivity index (χ1n) is 7.61. The Labute approximate surface area is 125 Å². The van der Waals surface area contributed by atoms with E-state index in [0.717, 1.165) is 0 Å². The van der Waals surface area contributed by atoms with Gasteiger partial charge in [-0.3, -0.25) is 19.3 Å². The standard InChI is InChI=1S/C15H24N2O4/c1-5-16-9(14(20)21-6-2)7-8-17-12(18)10-11(13(17)19)15(10,3)4/h9-11,16H,5-8H2,1-4H3. The third-order valence-electron chi connectivity index (χ3n) is 4.55. The summed E-state index contributed by atoms with van der Waals surface area (Å²) in [5.74, 6) is -0.831. The third kappa shape index (κ3) is 2.69. The van der Waals surface area contributed by atoms with E-state index in [4.69, 9.17) is 4.74 Å². The number of hydrogen-bond donors (Lipinski definition) is 1. The zero-order valence-electron chi connectivity index (χ0n) is 13.1. The summed E-state index contributed by atoms with van der Waals surface area (Å²) in [4.78, 5) is 37.5. The fourth-order valence-corrected chi connectivity index (χ4v) is 3.27. The number of likely N-dealkylation sites (N-methyl/N-ethyl adjacent to an activating group) is 1. The normalized spacial score (nSPS) is 27.5. The minimum atomic E-state index is -0.472. The molecule has 0 aromatic carbocycles. The predicted octanol–water partition coefficient (Wildman–Crippen LogP) is 0.559. The second kappa shape index (κ2) is 5.75. The van der Waals surface area contributed by atoms with E-state index in [1.165, 1.54) is 4.90 Å². The van der Waals surface area contributed by atoms with Crippen LogP contribution < -0.4 is 5.32 Å². The summed E-state index contributed by atoms with van der Waals surface area (Å²) in [6.45, 7) is 8.78. The van der Waals surface area contributed by atoms with Crippen molar-refractivity contribution in [1.82, 2.24) is 10.2 Å². The molecule has 118 valence electrons. The number of hydrogen-bond acceptors (Lipinski definition) is 5. The van der Waals surface area contributed by atoms with Crippen LogP contribution in [0.25, 0.3) is 0 Å². The molecular formula is C15H24N2O4. The average molecular weight is 296 g/mol. The van der Waals surface area contributed by atoms with Crippen molar-refractivity contribution < 1.29 is 19.1 Å². The summed E-state index contributed by atoms with van der Waals surface area (Å²) in [5, 5.41) is 3.04. The molecule has 0 bridgehead atoms. The molecule has 3 atom stereocenters. The number of fused-ring (bicyclic) bond motifs is 1. The zero-order chi connectivity index (χ0) is 15.8. The lowest BCUT2D eigenvalue weighted by Gasteiger charge is -2.23. The molecule has 2 rings (SSSR count). The highest BCUT2D eigenvalue weighted by molar-refractivity contribution is 6.10. The lowest BCUT2D eigenvalue weighted by atomic mass is 10.1. The molecule has 2 fully saturated rings. The summed E-state index contributed by atoms with van der Waals surface area (Å²) >= 11 is 0. The lowest BCUT2D eigenvalue weighted by molar-refractivity contribution is -0.148. The lowest BCUT2D eigenvalue weighted by Crippen LogP contribution is -2.43. The summed E-state index contributed by atoms with van der Waals surface area (Å²) in [5.41, 5.74) is -0.188. The topological polar surface area (TPSA) is 75.7 Å². The highest BCUT2D eigenvalue weighted by Gasteiger charge is 2.72. The van der Waals surface area contributed by atoms with Crippen molar-refractivity contribution in [3.05, 3.63) is 0 Å². The van der Waals surface area contributed by atoms with Gasteiger partial charge in [0, 0.05) is 6.54 Å². The molecule has 1 aliphatic carbocycles. The van der Waals surface area contributed by atoms with E-state index in [-0.39, 0.29) is 41.6 Å². The molecule has 2 aliphatic rings. The Bertz CT molecular complexity index is 437. The van der Waals surface area contributed by atoms with E-state index >= 15 is 0 Å². The highest BCUT2D eigenvalue weighted by Crippen LogP contribution is 2.63. The van der Waals surface area contributed by atoms with Crippen LogP contribution in [0.2, 0.25) is 0 Å². The van der Waals surface area contributed by atoms with Crippen LogP contribution in [0.1, 0.15) is 34.1 Å². The molecule has 0 radical (unpaired) electrons. The molecule has 0 spiro atoms. The molecule has 0 aromatic heterocycles. The van der Waals surface area contributed by atoms with Crippen molar-refractivity contribution in [3.63, 3.8) is 0 Å². The third-order valence-corrected chi connectivity index (χ3v) is 4.55. The van der Waals surface area contributed by atoms with Crippen LogP contribution in [-0.4, -0.2) is 48.4 Å². The van der Waals surface area contributed by atoms with E-state index in [1.54, 1.807) is 6.92 Å². The maximum atomic E-state index is 12.2. The Kier molecular flexibility index (Phi) is 4.37. The van der Waals surface area contributed by atoms with Crippen LogP contribution in [-0.2, 0) is 19.1 Å². The SMILES string of the molecule is CCNC(CCN1C(=O)C2C(C1=O)C2(C)C)C(=O)OCC. The minimum Gasteiger partial charge on any atom is -0.465 e. The van der Waals surface area contributed by atoms with E-state index in [0.29, 0.717) is 19.6 Å². The number of esters is 1. The maximum absolute atomic E-state index is 12.2. The summed E-state index contributed by atoms with van der Waals surface area (Å²) < 4.78 is 5.00. The van der Waals surface area contributed by atoms with Gasteiger partial charge in [-0.15, -0.1) is 0 Å². The van der Waals surface area contributed by atoms with Crippen molar-refractivity contribution in [2.45, 2.75) is 40.2 Å². The molecule has 1 heterocycles. The van der Waals surface area contributed by atoms with Gasteiger partial charge in [0.1, 0.15) is 6.04 Å². The monoisotopic (exact) mass is 296 g/mol. The molecule has 6 heteroatoms. The van der Waals surface area contributed by atoms with Gasteiger partial charge >= 0.3 is 5.97 Å². The van der Waals surface area contributed by atoms with Gasteiger partial charge in [-0.1, -0.05) is 20.8 Å². The first kappa shape index (κ1) is 15.9. The van der Waals surface area contributed by atoms with E-state index in [2.05, 4.69) is 5.32 Å². The fourth-order valence-electron chi connectivity index (χ4n) is 3.27. The Hall–Kier alpha value is -1.43. The molecule has 1 saturated carbocycles. The first-order chi connectivity index (χ1) is 9.86. The number of likely N-dealkylation sites (tertiary alicyclic amines) is 1. The second-order valence-corrected chi connectivity index (χ2v) is 6.26. The number of carbonyl (C=O) groups excluding carboxylic acids is 3. The number of nitrogens with zero attached hydrogens (tertiary/aromatic N) is 1. The van der Waals surface area contributed by atoms with Crippen LogP contribution in [0.4, 0.5) is 0 Å². The van der Waals surface area contributed by atoms with E-state index in [9.17, 15) is 14.4 Å². The Morgan fingerprint density at radius 2 is 1.86 bits per heavy atom. The fraction of sp³-hybridized carbons (Fsp3) is 0.800. The zero-order valence-corrected chi connectivity index (χ0v) is 13.1. The molecule has 1 N–H and O–H groups in total. The molecule has 3 unspecified atom stereocenters. The molecule has 6 nitrogen and oxygen atoms in total. The Balaban J connectivity index is 1.92. The van der Waals surface area contributed by atoms with Gasteiger partial charge in [-0.2, -0.15) is 0 Å². The number of amides is 2. The molecular weight excluding hydrogens is 272 g/mol. The summed E-state index contributed by atoms with van der Waals surface area (Å²) in [7, 11) is 0. The minimum absolute atomic E-state index is 0.0888. The molecule has 21 heavy (non-hydrogen) atoms. The molecule has 2 amide bonds. The van der Waals surface area contributed by atoms with Crippen molar-refractivity contribution in [2.24, 2.45) is 17.3 Å². The predicted molar refractivity (Wildman–Crippen MR) is 76.2 cm³/mol. The molecule has 1 saturated heterocycles. The number of imide groups is 1. The molecule has 1 aliphatic heterocycles. The van der Waals surface area contributed by atoms with Crippen LogP contribution in [0.3, 0.4) is 0 Å². The smallest absolute Gasteiger partial charge is 0.323 e. The highest BCUT2D eigenvalue weighted by atomic mass is 16.5. The summed E-state index contributed by atoms with van der Waals surface area (Å²) in [6.07, 6.45) is 0.393. The van der Waals surface area contributed by atoms with Crippen LogP contribution in [0, 0.1) is 17.3 Å². The number of carbonyl (C=O) groups is 3. The van der Waals surface area contributed by atoms with Gasteiger partial charge in [0.25, 0.3) is 0 Å². The number of nitrogens with one attached hydrogen (secondary N) is 1. The maximum Gasteiger partial charge on any atom is 0.323 e. The quantitative estimate of drug-likeness (QED) is 0.549. The van der Waals surface area contributed by atoms with E-state index < -0.39 is 6.04 Å². The summed E-state index contributed by atoms with van der Waals surface area (Å²) in [6, 6.07) is -0.472. The molecule has 0 aromatic rings. The van der Waals surface area contributed by atoms with E-state index in [1.807, 2.05) is 20.8 Å².